The molecule has 1 fully saturated rings. The van der Waals surface area contributed by atoms with Crippen LogP contribution in [0.1, 0.15) is 69.9 Å². The maximum atomic E-state index is 13.9. The standard InChI is InChI=1S/C38H56N8O7/c1-24(2)20-30-37(52)44-28(12-6-8-18-39)35(50)43-29(13-7-9-19-40)36(51)46-31(22-26-14-16-27(47)17-15-26)34(49)41-23-33(48)42-32(38(53)45-30)21-25-10-4-3-5-11-25/h3-5,10-11,14-17,24,28-32,47H,6-9,12-13,18-23,39-40H2,1-2H3,(H,41,49)(H,42,48)(H,43,50)(H,44,52)(H,45,53)(H,46,51)/t28-,29-,30-,31-,32-/m0/s1. The van der Waals surface area contributed by atoms with Crippen LogP contribution in [0.3, 0.4) is 0 Å². The number of unbranched alkanes of at least 4 members (excludes halogenated alkanes) is 2. The van der Waals surface area contributed by atoms with Crippen molar-refractivity contribution in [3.63, 3.8) is 0 Å². The third kappa shape index (κ3) is 14.9. The Labute approximate surface area is 311 Å². The lowest BCUT2D eigenvalue weighted by molar-refractivity contribution is -0.136. The molecule has 0 radical (unpaired) electrons. The molecule has 2 aromatic carbocycles. The van der Waals surface area contributed by atoms with Crippen LogP contribution in [-0.2, 0) is 41.6 Å². The summed E-state index contributed by atoms with van der Waals surface area (Å²) in [4.78, 5) is 82.4. The van der Waals surface area contributed by atoms with E-state index in [9.17, 15) is 33.9 Å². The molecule has 0 bridgehead atoms. The Bertz CT molecular complexity index is 1510. The summed E-state index contributed by atoms with van der Waals surface area (Å²) in [6.45, 7) is 4.00. The molecule has 5 atom stereocenters. The third-order valence-corrected chi connectivity index (χ3v) is 8.87. The first kappa shape index (κ1) is 42.4. The number of nitrogens with one attached hydrogen (secondary N) is 6. The van der Waals surface area contributed by atoms with E-state index in [1.807, 2.05) is 19.9 Å². The molecule has 1 heterocycles. The van der Waals surface area contributed by atoms with Gasteiger partial charge in [0.25, 0.3) is 0 Å². The molecule has 0 saturated carbocycles. The van der Waals surface area contributed by atoms with Crippen LogP contribution < -0.4 is 43.4 Å². The Morgan fingerprint density at radius 3 is 1.57 bits per heavy atom. The van der Waals surface area contributed by atoms with Gasteiger partial charge in [-0.1, -0.05) is 56.3 Å². The van der Waals surface area contributed by atoms with E-state index < -0.39 is 72.2 Å². The zero-order chi connectivity index (χ0) is 38.8. The van der Waals surface area contributed by atoms with E-state index in [-0.39, 0.29) is 43.8 Å². The summed E-state index contributed by atoms with van der Waals surface area (Å²) in [6.07, 6.45) is 2.89. The van der Waals surface area contributed by atoms with Gasteiger partial charge in [-0.2, -0.15) is 0 Å². The van der Waals surface area contributed by atoms with Gasteiger partial charge >= 0.3 is 0 Å². The van der Waals surface area contributed by atoms with E-state index in [0.29, 0.717) is 44.3 Å². The quantitative estimate of drug-likeness (QED) is 0.119. The summed E-state index contributed by atoms with van der Waals surface area (Å²) >= 11 is 0. The Hall–Kier alpha value is -5.02. The molecule has 15 nitrogen and oxygen atoms in total. The van der Waals surface area contributed by atoms with Crippen molar-refractivity contribution in [1.29, 1.82) is 0 Å². The number of nitrogens with two attached hydrogens (primary N) is 2. The molecule has 2 aromatic rings. The molecule has 11 N–H and O–H groups in total. The lowest BCUT2D eigenvalue weighted by atomic mass is 9.99. The van der Waals surface area contributed by atoms with Crippen molar-refractivity contribution in [3.05, 3.63) is 65.7 Å². The average Bonchev–Trinajstić information content (AvgIpc) is 3.12. The normalized spacial score (nSPS) is 22.4. The molecular formula is C38H56N8O7. The van der Waals surface area contributed by atoms with Crippen molar-refractivity contribution in [1.82, 2.24) is 31.9 Å². The summed E-state index contributed by atoms with van der Waals surface area (Å²) in [5.41, 5.74) is 12.8. The van der Waals surface area contributed by atoms with E-state index in [2.05, 4.69) is 31.9 Å². The molecule has 290 valence electrons. The largest absolute Gasteiger partial charge is 0.508 e. The lowest BCUT2D eigenvalue weighted by Crippen LogP contribution is -2.60. The van der Waals surface area contributed by atoms with Crippen LogP contribution in [0.25, 0.3) is 0 Å². The van der Waals surface area contributed by atoms with Gasteiger partial charge in [0.15, 0.2) is 0 Å². The average molecular weight is 737 g/mol. The van der Waals surface area contributed by atoms with Crippen LogP contribution in [0.4, 0.5) is 0 Å². The molecule has 6 amide bonds. The Morgan fingerprint density at radius 2 is 1.04 bits per heavy atom. The molecule has 0 unspecified atom stereocenters. The van der Waals surface area contributed by atoms with E-state index in [1.165, 1.54) is 12.1 Å². The van der Waals surface area contributed by atoms with Crippen LogP contribution in [0.15, 0.2) is 54.6 Å². The van der Waals surface area contributed by atoms with Crippen molar-refractivity contribution < 1.29 is 33.9 Å². The summed E-state index contributed by atoms with van der Waals surface area (Å²) < 4.78 is 0. The molecule has 1 saturated heterocycles. The van der Waals surface area contributed by atoms with Crippen molar-refractivity contribution in [2.75, 3.05) is 19.6 Å². The second-order valence-corrected chi connectivity index (χ2v) is 13.8. The van der Waals surface area contributed by atoms with Gasteiger partial charge in [0.2, 0.25) is 35.4 Å². The number of phenols is 1. The molecule has 0 aliphatic carbocycles. The highest BCUT2D eigenvalue weighted by Gasteiger charge is 2.33. The number of aromatic hydroxyl groups is 1. The zero-order valence-electron chi connectivity index (χ0n) is 30.7. The summed E-state index contributed by atoms with van der Waals surface area (Å²) in [5, 5.41) is 26.2. The zero-order valence-corrected chi connectivity index (χ0v) is 30.7. The molecule has 1 aliphatic rings. The second kappa shape index (κ2) is 22.1. The fourth-order valence-electron chi connectivity index (χ4n) is 5.99. The maximum absolute atomic E-state index is 13.9. The van der Waals surface area contributed by atoms with Gasteiger partial charge in [0.05, 0.1) is 6.54 Å². The smallest absolute Gasteiger partial charge is 0.243 e. The minimum Gasteiger partial charge on any atom is -0.508 e. The van der Waals surface area contributed by atoms with Crippen LogP contribution in [0, 0.1) is 5.92 Å². The Balaban J connectivity index is 2.03. The Kier molecular flexibility index (Phi) is 17.7. The maximum Gasteiger partial charge on any atom is 0.243 e. The number of carbonyl (C=O) groups is 6. The first-order valence-corrected chi connectivity index (χ1v) is 18.4. The van der Waals surface area contributed by atoms with Crippen molar-refractivity contribution in [2.24, 2.45) is 17.4 Å². The van der Waals surface area contributed by atoms with E-state index in [0.717, 1.165) is 5.56 Å². The topological polar surface area (TPSA) is 247 Å². The SMILES string of the molecule is CC(C)C[C@@H]1NC(=O)[C@H](Cc2ccccc2)NC(=O)CNC(=O)[C@H](Cc2ccc(O)cc2)NC(=O)[C@H](CCCCN)NC(=O)[C@H](CCCCN)NC1=O. The van der Waals surface area contributed by atoms with Crippen molar-refractivity contribution in [2.45, 2.75) is 102 Å². The van der Waals surface area contributed by atoms with Gasteiger partial charge < -0.3 is 48.5 Å². The summed E-state index contributed by atoms with van der Waals surface area (Å²) in [6, 6.07) is 9.59. The highest BCUT2D eigenvalue weighted by atomic mass is 16.3. The van der Waals surface area contributed by atoms with Gasteiger partial charge in [0, 0.05) is 12.8 Å². The molecule has 15 heteroatoms. The van der Waals surface area contributed by atoms with Gasteiger partial charge in [-0.15, -0.1) is 0 Å². The minimum atomic E-state index is -1.19. The molecule has 53 heavy (non-hydrogen) atoms. The number of amides is 6. The lowest BCUT2D eigenvalue weighted by Gasteiger charge is -2.28. The molecule has 1 aliphatic heterocycles. The van der Waals surface area contributed by atoms with E-state index in [4.69, 9.17) is 11.5 Å². The van der Waals surface area contributed by atoms with Gasteiger partial charge in [0.1, 0.15) is 36.0 Å². The second-order valence-electron chi connectivity index (χ2n) is 13.8. The minimum absolute atomic E-state index is 0.00299. The predicted molar refractivity (Wildman–Crippen MR) is 200 cm³/mol. The number of benzene rings is 2. The first-order valence-electron chi connectivity index (χ1n) is 18.4. The highest BCUT2D eigenvalue weighted by molar-refractivity contribution is 5.97. The predicted octanol–water partition coefficient (Wildman–Crippen LogP) is 0.0353. The number of carbonyl (C=O) groups excluding carboxylic acids is 6. The number of hydrogen-bond donors (Lipinski definition) is 9. The van der Waals surface area contributed by atoms with Crippen LogP contribution in [0.5, 0.6) is 5.75 Å². The van der Waals surface area contributed by atoms with Crippen LogP contribution in [-0.4, -0.2) is 90.4 Å². The number of hydrogen-bond acceptors (Lipinski definition) is 9. The fraction of sp³-hybridized carbons (Fsp3) is 0.526. The van der Waals surface area contributed by atoms with Crippen LogP contribution >= 0.6 is 0 Å². The first-order chi connectivity index (χ1) is 25.4. The molecule has 0 spiro atoms. The number of phenolic OH excluding ortho intramolecular Hbond substituents is 1. The van der Waals surface area contributed by atoms with Crippen LogP contribution in [0.2, 0.25) is 0 Å². The summed E-state index contributed by atoms with van der Waals surface area (Å²) in [5.74, 6) is -3.80. The van der Waals surface area contributed by atoms with Gasteiger partial charge in [-0.05, 0) is 87.2 Å². The molecule has 3 rings (SSSR count). The number of rotatable bonds is 14. The van der Waals surface area contributed by atoms with Gasteiger partial charge in [-0.25, -0.2) is 0 Å². The molecular weight excluding hydrogens is 680 g/mol. The molecule has 0 aromatic heterocycles. The Morgan fingerprint density at radius 1 is 0.585 bits per heavy atom. The van der Waals surface area contributed by atoms with Crippen molar-refractivity contribution >= 4 is 35.4 Å². The van der Waals surface area contributed by atoms with E-state index in [1.54, 1.807) is 36.4 Å². The highest BCUT2D eigenvalue weighted by Crippen LogP contribution is 2.14. The van der Waals surface area contributed by atoms with E-state index >= 15 is 0 Å². The van der Waals surface area contributed by atoms with Gasteiger partial charge in [-0.3, -0.25) is 28.8 Å². The monoisotopic (exact) mass is 736 g/mol. The summed E-state index contributed by atoms with van der Waals surface area (Å²) in [7, 11) is 0. The third-order valence-electron chi connectivity index (χ3n) is 8.87. The fourth-order valence-corrected chi connectivity index (χ4v) is 5.99. The van der Waals surface area contributed by atoms with Crippen molar-refractivity contribution in [3.8, 4) is 5.75 Å².